The van der Waals surface area contributed by atoms with Crippen molar-refractivity contribution in [1.29, 1.82) is 0 Å². The number of sulfonamides is 1. The van der Waals surface area contributed by atoms with E-state index in [4.69, 9.17) is 0 Å². The molecule has 0 radical (unpaired) electrons. The third-order valence-electron chi connectivity index (χ3n) is 4.19. The predicted octanol–water partition coefficient (Wildman–Crippen LogP) is 0.486. The second kappa shape index (κ2) is 6.87. The largest absolute Gasteiger partial charge is 0.469 e. The first-order valence-corrected chi connectivity index (χ1v) is 8.96. The zero-order valence-corrected chi connectivity index (χ0v) is 12.8. The van der Waals surface area contributed by atoms with E-state index < -0.39 is 10.0 Å². The lowest BCUT2D eigenvalue weighted by Gasteiger charge is -2.34. The average Bonchev–Trinajstić information content (AvgIpc) is 2.85. The van der Waals surface area contributed by atoms with Gasteiger partial charge >= 0.3 is 5.97 Å². The molecule has 20 heavy (non-hydrogen) atoms. The number of nitrogens with zero attached hydrogens (tertiary/aromatic N) is 1. The van der Waals surface area contributed by atoms with Crippen molar-refractivity contribution in [3.8, 4) is 0 Å². The number of piperidine rings is 1. The summed E-state index contributed by atoms with van der Waals surface area (Å²) in [6, 6.07) is 0.601. The van der Waals surface area contributed by atoms with Crippen LogP contribution in [0.15, 0.2) is 0 Å². The molecule has 0 amide bonds. The standard InChI is InChI=1S/C13H24N2O4S/c1-19-13(16)5-3-9-20(17,18)14-11-6-8-15-7-2-4-12(15)10-11/h11-12,14H,2-10H2,1H3. The molecule has 0 spiro atoms. The molecule has 2 aliphatic heterocycles. The van der Waals surface area contributed by atoms with Crippen molar-refractivity contribution in [2.75, 3.05) is 26.0 Å². The summed E-state index contributed by atoms with van der Waals surface area (Å²) in [6.07, 6.45) is 4.66. The number of hydrogen-bond donors (Lipinski definition) is 1. The topological polar surface area (TPSA) is 75.7 Å². The minimum atomic E-state index is -3.29. The molecule has 2 atom stereocenters. The summed E-state index contributed by atoms with van der Waals surface area (Å²) in [5.41, 5.74) is 0. The molecule has 0 aromatic rings. The Morgan fingerprint density at radius 1 is 1.35 bits per heavy atom. The van der Waals surface area contributed by atoms with Gasteiger partial charge in [-0.3, -0.25) is 4.79 Å². The molecule has 2 saturated heterocycles. The van der Waals surface area contributed by atoms with Crippen molar-refractivity contribution < 1.29 is 17.9 Å². The Hall–Kier alpha value is -0.660. The second-order valence-corrected chi connectivity index (χ2v) is 7.54. The van der Waals surface area contributed by atoms with Crippen LogP contribution in [0.25, 0.3) is 0 Å². The van der Waals surface area contributed by atoms with Crippen molar-refractivity contribution in [2.45, 2.75) is 50.6 Å². The third-order valence-corrected chi connectivity index (χ3v) is 5.71. The Balaban J connectivity index is 1.75. The van der Waals surface area contributed by atoms with E-state index in [1.54, 1.807) is 0 Å². The molecule has 2 fully saturated rings. The van der Waals surface area contributed by atoms with E-state index in [2.05, 4.69) is 14.4 Å². The summed E-state index contributed by atoms with van der Waals surface area (Å²) in [7, 11) is -1.98. The Morgan fingerprint density at radius 3 is 2.90 bits per heavy atom. The van der Waals surface area contributed by atoms with Gasteiger partial charge < -0.3 is 9.64 Å². The monoisotopic (exact) mass is 304 g/mol. The Labute approximate surface area is 120 Å². The molecule has 0 aromatic carbocycles. The van der Waals surface area contributed by atoms with Crippen LogP contribution in [0.4, 0.5) is 0 Å². The third kappa shape index (κ3) is 4.43. The molecule has 0 aliphatic carbocycles. The second-order valence-electron chi connectivity index (χ2n) is 5.67. The number of carbonyl (C=O) groups excluding carboxylic acids is 1. The fourth-order valence-electron chi connectivity index (χ4n) is 3.15. The fraction of sp³-hybridized carbons (Fsp3) is 0.923. The highest BCUT2D eigenvalue weighted by molar-refractivity contribution is 7.89. The quantitative estimate of drug-likeness (QED) is 0.723. The number of nitrogens with one attached hydrogen (secondary N) is 1. The van der Waals surface area contributed by atoms with Crippen LogP contribution in [0.5, 0.6) is 0 Å². The Morgan fingerprint density at radius 2 is 2.15 bits per heavy atom. The van der Waals surface area contributed by atoms with Crippen molar-refractivity contribution in [1.82, 2.24) is 9.62 Å². The van der Waals surface area contributed by atoms with E-state index in [1.807, 2.05) is 0 Å². The van der Waals surface area contributed by atoms with E-state index in [0.717, 1.165) is 25.9 Å². The maximum Gasteiger partial charge on any atom is 0.305 e. The molecule has 2 rings (SSSR count). The van der Waals surface area contributed by atoms with Crippen LogP contribution < -0.4 is 4.72 Å². The minimum Gasteiger partial charge on any atom is -0.469 e. The number of methoxy groups -OCH3 is 1. The normalized spacial score (nSPS) is 27.2. The SMILES string of the molecule is COC(=O)CCCS(=O)(=O)NC1CCN2CCCC2C1. The molecule has 2 aliphatic rings. The highest BCUT2D eigenvalue weighted by Crippen LogP contribution is 2.27. The molecule has 2 heterocycles. The molecule has 1 N–H and O–H groups in total. The fourth-order valence-corrected chi connectivity index (χ4v) is 4.52. The molecule has 0 bridgehead atoms. The van der Waals surface area contributed by atoms with Crippen LogP contribution in [-0.2, 0) is 19.6 Å². The minimum absolute atomic E-state index is 0.00696. The van der Waals surface area contributed by atoms with Gasteiger partial charge in [0.05, 0.1) is 12.9 Å². The lowest BCUT2D eigenvalue weighted by atomic mass is 9.99. The lowest BCUT2D eigenvalue weighted by molar-refractivity contribution is -0.140. The molecule has 0 saturated carbocycles. The van der Waals surface area contributed by atoms with Gasteiger partial charge in [0.15, 0.2) is 0 Å². The zero-order chi connectivity index (χ0) is 14.6. The van der Waals surface area contributed by atoms with Gasteiger partial charge in [0.2, 0.25) is 10.0 Å². The summed E-state index contributed by atoms with van der Waals surface area (Å²) in [5, 5.41) is 0. The van der Waals surface area contributed by atoms with E-state index in [-0.39, 0.29) is 24.2 Å². The van der Waals surface area contributed by atoms with Crippen LogP contribution in [-0.4, -0.2) is 57.3 Å². The summed E-state index contributed by atoms with van der Waals surface area (Å²) in [4.78, 5) is 13.4. The molecule has 116 valence electrons. The first-order valence-electron chi connectivity index (χ1n) is 7.31. The molecule has 0 aromatic heterocycles. The van der Waals surface area contributed by atoms with E-state index in [0.29, 0.717) is 12.5 Å². The number of hydrogen-bond acceptors (Lipinski definition) is 5. The average molecular weight is 304 g/mol. The summed E-state index contributed by atoms with van der Waals surface area (Å²) < 4.78 is 31.3. The van der Waals surface area contributed by atoms with Crippen LogP contribution in [0.1, 0.15) is 38.5 Å². The van der Waals surface area contributed by atoms with Crippen LogP contribution in [0.3, 0.4) is 0 Å². The maximum atomic E-state index is 12.0. The number of rotatable bonds is 6. The van der Waals surface area contributed by atoms with Gasteiger partial charge in [0.1, 0.15) is 0 Å². The number of ether oxygens (including phenoxy) is 1. The highest BCUT2D eigenvalue weighted by atomic mass is 32.2. The predicted molar refractivity (Wildman–Crippen MR) is 75.8 cm³/mol. The zero-order valence-electron chi connectivity index (χ0n) is 12.0. The van der Waals surface area contributed by atoms with E-state index in [9.17, 15) is 13.2 Å². The van der Waals surface area contributed by atoms with Gasteiger partial charge in [-0.2, -0.15) is 0 Å². The highest BCUT2D eigenvalue weighted by Gasteiger charge is 2.33. The Kier molecular flexibility index (Phi) is 5.40. The summed E-state index contributed by atoms with van der Waals surface area (Å²) in [6.45, 7) is 2.14. The van der Waals surface area contributed by atoms with Crippen molar-refractivity contribution in [3.63, 3.8) is 0 Å². The Bertz CT molecular complexity index is 438. The summed E-state index contributed by atoms with van der Waals surface area (Å²) >= 11 is 0. The smallest absolute Gasteiger partial charge is 0.305 e. The van der Waals surface area contributed by atoms with Crippen LogP contribution in [0.2, 0.25) is 0 Å². The van der Waals surface area contributed by atoms with E-state index in [1.165, 1.54) is 20.0 Å². The van der Waals surface area contributed by atoms with Crippen molar-refractivity contribution in [3.05, 3.63) is 0 Å². The maximum absolute atomic E-state index is 12.0. The number of fused-ring (bicyclic) bond motifs is 1. The van der Waals surface area contributed by atoms with Gasteiger partial charge in [-0.05, 0) is 45.2 Å². The number of esters is 1. The molecule has 6 nitrogen and oxygen atoms in total. The molecular formula is C13H24N2O4S. The first kappa shape index (κ1) is 15.7. The molecule has 2 unspecified atom stereocenters. The van der Waals surface area contributed by atoms with Gasteiger partial charge in [-0.1, -0.05) is 0 Å². The van der Waals surface area contributed by atoms with Crippen molar-refractivity contribution in [2.24, 2.45) is 0 Å². The van der Waals surface area contributed by atoms with Crippen LogP contribution in [0, 0.1) is 0 Å². The molecular weight excluding hydrogens is 280 g/mol. The van der Waals surface area contributed by atoms with Crippen LogP contribution >= 0.6 is 0 Å². The van der Waals surface area contributed by atoms with Gasteiger partial charge in [0, 0.05) is 18.5 Å². The van der Waals surface area contributed by atoms with Gasteiger partial charge in [0.25, 0.3) is 0 Å². The number of carbonyl (C=O) groups is 1. The first-order chi connectivity index (χ1) is 9.50. The summed E-state index contributed by atoms with van der Waals surface area (Å²) in [5.74, 6) is -0.369. The lowest BCUT2D eigenvalue weighted by Crippen LogP contribution is -2.47. The van der Waals surface area contributed by atoms with Gasteiger partial charge in [-0.25, -0.2) is 13.1 Å². The van der Waals surface area contributed by atoms with E-state index >= 15 is 0 Å². The van der Waals surface area contributed by atoms with Gasteiger partial charge in [-0.15, -0.1) is 0 Å². The molecule has 7 heteroatoms. The van der Waals surface area contributed by atoms with Crippen molar-refractivity contribution >= 4 is 16.0 Å².